The summed E-state index contributed by atoms with van der Waals surface area (Å²) in [6.45, 7) is 0. The van der Waals surface area contributed by atoms with Crippen molar-refractivity contribution in [2.24, 2.45) is 0 Å². The summed E-state index contributed by atoms with van der Waals surface area (Å²) in [5, 5.41) is 5.34. The zero-order valence-corrected chi connectivity index (χ0v) is 18.0. The van der Waals surface area contributed by atoms with E-state index in [2.05, 4.69) is 5.32 Å². The van der Waals surface area contributed by atoms with Crippen LogP contribution in [0.3, 0.4) is 0 Å². The number of carbonyl (C=O) groups is 2. The Bertz CT molecular complexity index is 1480. The van der Waals surface area contributed by atoms with Crippen LogP contribution in [0, 0.1) is 0 Å². The minimum Gasteiger partial charge on any atom is -0.464 e. The van der Waals surface area contributed by atoms with Crippen LogP contribution in [0.15, 0.2) is 81.8 Å². The highest BCUT2D eigenvalue weighted by atomic mass is 35.5. The van der Waals surface area contributed by atoms with Gasteiger partial charge in [0.05, 0.1) is 18.4 Å². The molecule has 1 amide bonds. The quantitative estimate of drug-likeness (QED) is 0.287. The number of hydrogen-bond acceptors (Lipinski definition) is 4. The van der Waals surface area contributed by atoms with Gasteiger partial charge in [0.1, 0.15) is 11.2 Å². The van der Waals surface area contributed by atoms with Gasteiger partial charge in [0.2, 0.25) is 11.7 Å². The maximum absolute atomic E-state index is 13.1. The molecule has 5 nitrogen and oxygen atoms in total. The Morgan fingerprint density at radius 1 is 0.844 bits per heavy atom. The number of anilines is 1. The molecule has 0 aliphatic heterocycles. The van der Waals surface area contributed by atoms with Gasteiger partial charge >= 0.3 is 0 Å². The SMILES string of the molecule is O=C(Cc1coc2ccc(Cl)cc12)Nc1c(C(=O)c2ccc(Cl)cc2)oc2ccccc12. The van der Waals surface area contributed by atoms with E-state index < -0.39 is 0 Å². The van der Waals surface area contributed by atoms with Gasteiger partial charge in [-0.05, 0) is 54.6 Å². The van der Waals surface area contributed by atoms with Crippen LogP contribution in [0.25, 0.3) is 21.9 Å². The molecule has 0 aliphatic carbocycles. The van der Waals surface area contributed by atoms with Crippen molar-refractivity contribution in [1.82, 2.24) is 0 Å². The van der Waals surface area contributed by atoms with Crippen molar-refractivity contribution in [1.29, 1.82) is 0 Å². The molecule has 2 heterocycles. The number of hydrogen-bond donors (Lipinski definition) is 1. The number of furan rings is 2. The molecule has 7 heteroatoms. The fraction of sp³-hybridized carbons (Fsp3) is 0.0400. The number of rotatable bonds is 5. The van der Waals surface area contributed by atoms with Crippen LogP contribution in [0.4, 0.5) is 5.69 Å². The fourth-order valence-corrected chi connectivity index (χ4v) is 3.91. The van der Waals surface area contributed by atoms with Gasteiger partial charge in [0.25, 0.3) is 0 Å². The highest BCUT2D eigenvalue weighted by Crippen LogP contribution is 2.33. The number of benzene rings is 3. The maximum atomic E-state index is 13.1. The summed E-state index contributed by atoms with van der Waals surface area (Å²) in [6.07, 6.45) is 1.58. The lowest BCUT2D eigenvalue weighted by Crippen LogP contribution is -2.16. The standard InChI is InChI=1S/C25H15Cl2NO4/c26-16-7-5-14(6-8-16)24(30)25-23(18-3-1-2-4-21(18)32-25)28-22(29)11-15-13-31-20-10-9-17(27)12-19(15)20/h1-10,12-13H,11H2,(H,28,29). The van der Waals surface area contributed by atoms with E-state index in [0.29, 0.717) is 43.4 Å². The minimum atomic E-state index is -0.353. The van der Waals surface area contributed by atoms with Crippen LogP contribution in [0.5, 0.6) is 0 Å². The number of para-hydroxylation sites is 1. The van der Waals surface area contributed by atoms with E-state index in [4.69, 9.17) is 32.0 Å². The van der Waals surface area contributed by atoms with E-state index in [0.717, 1.165) is 5.39 Å². The van der Waals surface area contributed by atoms with Crippen LogP contribution < -0.4 is 5.32 Å². The summed E-state index contributed by atoms with van der Waals surface area (Å²) in [4.78, 5) is 26.1. The van der Waals surface area contributed by atoms with Crippen LogP contribution in [0.1, 0.15) is 21.7 Å². The van der Waals surface area contributed by atoms with E-state index in [1.807, 2.05) is 6.07 Å². The third kappa shape index (κ3) is 3.77. The molecule has 0 saturated carbocycles. The van der Waals surface area contributed by atoms with Crippen LogP contribution in [-0.2, 0) is 11.2 Å². The van der Waals surface area contributed by atoms with Crippen LogP contribution in [-0.4, -0.2) is 11.7 Å². The zero-order chi connectivity index (χ0) is 22.2. The molecule has 0 spiro atoms. The Kier molecular flexibility index (Phi) is 5.21. The summed E-state index contributed by atoms with van der Waals surface area (Å²) in [5.74, 6) is -0.611. The van der Waals surface area contributed by atoms with Crippen molar-refractivity contribution in [3.05, 3.63) is 99.9 Å². The topological polar surface area (TPSA) is 72.5 Å². The van der Waals surface area contributed by atoms with E-state index in [1.165, 1.54) is 6.26 Å². The lowest BCUT2D eigenvalue weighted by Gasteiger charge is -2.06. The molecule has 158 valence electrons. The summed E-state index contributed by atoms with van der Waals surface area (Å²) >= 11 is 12.0. The lowest BCUT2D eigenvalue weighted by atomic mass is 10.1. The first-order valence-corrected chi connectivity index (χ1v) is 10.5. The molecule has 0 radical (unpaired) electrons. The van der Waals surface area contributed by atoms with Crippen molar-refractivity contribution in [2.45, 2.75) is 6.42 Å². The van der Waals surface area contributed by atoms with Gasteiger partial charge < -0.3 is 14.2 Å². The normalized spacial score (nSPS) is 11.2. The molecular weight excluding hydrogens is 449 g/mol. The van der Waals surface area contributed by atoms with E-state index in [9.17, 15) is 9.59 Å². The highest BCUT2D eigenvalue weighted by Gasteiger charge is 2.24. The molecular formula is C25H15Cl2NO4. The van der Waals surface area contributed by atoms with E-state index in [1.54, 1.807) is 60.7 Å². The summed E-state index contributed by atoms with van der Waals surface area (Å²) in [7, 11) is 0. The molecule has 0 atom stereocenters. The van der Waals surface area contributed by atoms with Gasteiger partial charge in [0.15, 0.2) is 5.76 Å². The molecule has 1 N–H and O–H groups in total. The van der Waals surface area contributed by atoms with E-state index in [-0.39, 0.29) is 23.9 Å². The second kappa shape index (κ2) is 8.19. The number of carbonyl (C=O) groups excluding carboxylic acids is 2. The molecule has 0 aliphatic rings. The van der Waals surface area contributed by atoms with Gasteiger partial charge in [0, 0.05) is 31.9 Å². The van der Waals surface area contributed by atoms with Crippen molar-refractivity contribution in [2.75, 3.05) is 5.32 Å². The Balaban J connectivity index is 1.49. The first-order chi connectivity index (χ1) is 15.5. The van der Waals surface area contributed by atoms with Crippen LogP contribution in [0.2, 0.25) is 10.0 Å². The number of halogens is 2. The molecule has 5 rings (SSSR count). The molecule has 2 aromatic heterocycles. The third-order valence-electron chi connectivity index (χ3n) is 5.14. The predicted octanol–water partition coefficient (Wildman–Crippen LogP) is 6.90. The maximum Gasteiger partial charge on any atom is 0.230 e. The van der Waals surface area contributed by atoms with Gasteiger partial charge in [-0.2, -0.15) is 0 Å². The lowest BCUT2D eigenvalue weighted by molar-refractivity contribution is -0.115. The summed E-state index contributed by atoms with van der Waals surface area (Å²) in [5.41, 5.74) is 2.57. The Morgan fingerprint density at radius 3 is 2.41 bits per heavy atom. The van der Waals surface area contributed by atoms with Crippen LogP contribution >= 0.6 is 23.2 Å². The smallest absolute Gasteiger partial charge is 0.230 e. The second-order valence-electron chi connectivity index (χ2n) is 7.26. The second-order valence-corrected chi connectivity index (χ2v) is 8.14. The molecule has 3 aromatic carbocycles. The molecule has 0 saturated heterocycles. The Morgan fingerprint density at radius 2 is 1.59 bits per heavy atom. The average Bonchev–Trinajstić information content (AvgIpc) is 3.35. The molecule has 0 unspecified atom stereocenters. The first kappa shape index (κ1) is 20.4. The van der Waals surface area contributed by atoms with Gasteiger partial charge in [-0.15, -0.1) is 0 Å². The Labute approximate surface area is 192 Å². The van der Waals surface area contributed by atoms with Gasteiger partial charge in [-0.3, -0.25) is 9.59 Å². The summed E-state index contributed by atoms with van der Waals surface area (Å²) in [6, 6.07) is 18.9. The molecule has 5 aromatic rings. The number of nitrogens with one attached hydrogen (secondary N) is 1. The zero-order valence-electron chi connectivity index (χ0n) is 16.5. The number of ketones is 1. The predicted molar refractivity (Wildman–Crippen MR) is 125 cm³/mol. The number of amides is 1. The first-order valence-electron chi connectivity index (χ1n) is 9.77. The third-order valence-corrected chi connectivity index (χ3v) is 5.63. The van der Waals surface area contributed by atoms with E-state index >= 15 is 0 Å². The van der Waals surface area contributed by atoms with Gasteiger partial charge in [-0.25, -0.2) is 0 Å². The number of fused-ring (bicyclic) bond motifs is 2. The minimum absolute atomic E-state index is 0.0431. The largest absolute Gasteiger partial charge is 0.464 e. The monoisotopic (exact) mass is 463 g/mol. The molecule has 0 fully saturated rings. The molecule has 0 bridgehead atoms. The Hall–Kier alpha value is -3.54. The molecule has 32 heavy (non-hydrogen) atoms. The summed E-state index contributed by atoms with van der Waals surface area (Å²) < 4.78 is 11.4. The van der Waals surface area contributed by atoms with Crippen molar-refractivity contribution in [3.63, 3.8) is 0 Å². The fourth-order valence-electron chi connectivity index (χ4n) is 3.61. The average molecular weight is 464 g/mol. The van der Waals surface area contributed by atoms with Crippen molar-refractivity contribution >= 4 is 62.5 Å². The van der Waals surface area contributed by atoms with Crippen molar-refractivity contribution < 1.29 is 18.4 Å². The van der Waals surface area contributed by atoms with Crippen molar-refractivity contribution in [3.8, 4) is 0 Å². The highest BCUT2D eigenvalue weighted by molar-refractivity contribution is 6.31. The van der Waals surface area contributed by atoms with Gasteiger partial charge in [-0.1, -0.05) is 35.3 Å².